The first-order valence-corrected chi connectivity index (χ1v) is 7.31. The lowest BCUT2D eigenvalue weighted by Crippen LogP contribution is -2.16. The van der Waals surface area contributed by atoms with E-state index in [2.05, 4.69) is 5.32 Å². The summed E-state index contributed by atoms with van der Waals surface area (Å²) in [5, 5.41) is 13.4. The van der Waals surface area contributed by atoms with Gasteiger partial charge in [-0.2, -0.15) is 0 Å². The molecule has 0 saturated heterocycles. The van der Waals surface area contributed by atoms with Crippen molar-refractivity contribution >= 4 is 23.3 Å². The summed E-state index contributed by atoms with van der Waals surface area (Å²) >= 11 is 0. The minimum Gasteiger partial charge on any atom is -0.493 e. The second-order valence-corrected chi connectivity index (χ2v) is 5.01. The summed E-state index contributed by atoms with van der Waals surface area (Å²) in [6, 6.07) is 7.98. The van der Waals surface area contributed by atoms with Gasteiger partial charge in [0.25, 0.3) is 11.6 Å². The molecular weight excluding hydrogens is 344 g/mol. The van der Waals surface area contributed by atoms with E-state index < -0.39 is 16.8 Å². The number of rotatable bonds is 6. The molecule has 0 fully saturated rings. The van der Waals surface area contributed by atoms with Crippen molar-refractivity contribution in [3.8, 4) is 11.5 Å². The molecule has 1 amide bonds. The number of carbonyl (C=O) groups is 2. The fourth-order valence-corrected chi connectivity index (χ4v) is 2.22. The number of nitro benzene ring substituents is 1. The van der Waals surface area contributed by atoms with E-state index in [1.165, 1.54) is 51.7 Å². The van der Waals surface area contributed by atoms with Gasteiger partial charge in [-0.05, 0) is 6.07 Å². The fraction of sp³-hybridized carbons (Fsp3) is 0.176. The highest BCUT2D eigenvalue weighted by molar-refractivity contribution is 6.08. The summed E-state index contributed by atoms with van der Waals surface area (Å²) < 4.78 is 15.0. The average molecular weight is 360 g/mol. The molecule has 0 saturated carbocycles. The monoisotopic (exact) mass is 360 g/mol. The van der Waals surface area contributed by atoms with Crippen molar-refractivity contribution in [1.82, 2.24) is 0 Å². The van der Waals surface area contributed by atoms with Gasteiger partial charge in [0, 0.05) is 29.8 Å². The lowest BCUT2D eigenvalue weighted by atomic mass is 10.1. The van der Waals surface area contributed by atoms with Crippen LogP contribution in [0.25, 0.3) is 0 Å². The van der Waals surface area contributed by atoms with E-state index in [9.17, 15) is 19.7 Å². The maximum absolute atomic E-state index is 12.4. The molecule has 2 aromatic carbocycles. The van der Waals surface area contributed by atoms with Gasteiger partial charge in [-0.3, -0.25) is 14.9 Å². The minimum atomic E-state index is -0.694. The normalized spacial score (nSPS) is 9.96. The third-order valence-electron chi connectivity index (χ3n) is 3.50. The maximum atomic E-state index is 12.4. The second kappa shape index (κ2) is 7.97. The number of methoxy groups -OCH3 is 3. The zero-order valence-corrected chi connectivity index (χ0v) is 14.3. The molecule has 0 aromatic heterocycles. The largest absolute Gasteiger partial charge is 0.493 e. The van der Waals surface area contributed by atoms with Gasteiger partial charge in [0.15, 0.2) is 11.5 Å². The Labute approximate surface area is 148 Å². The van der Waals surface area contributed by atoms with E-state index in [4.69, 9.17) is 14.2 Å². The van der Waals surface area contributed by atoms with Crippen molar-refractivity contribution in [2.24, 2.45) is 0 Å². The highest BCUT2D eigenvalue weighted by Crippen LogP contribution is 2.34. The molecule has 0 atom stereocenters. The topological polar surface area (TPSA) is 117 Å². The molecule has 2 aromatic rings. The predicted molar refractivity (Wildman–Crippen MR) is 91.9 cm³/mol. The molecule has 1 N–H and O–H groups in total. The molecule has 0 aliphatic heterocycles. The van der Waals surface area contributed by atoms with Crippen LogP contribution in [0.4, 0.5) is 11.4 Å². The Hall–Kier alpha value is -3.62. The molecule has 9 heteroatoms. The number of anilines is 1. The molecule has 0 heterocycles. The van der Waals surface area contributed by atoms with Crippen molar-refractivity contribution in [2.75, 3.05) is 26.6 Å². The van der Waals surface area contributed by atoms with Crippen LogP contribution < -0.4 is 14.8 Å². The van der Waals surface area contributed by atoms with E-state index in [-0.39, 0.29) is 34.0 Å². The number of ether oxygens (including phenoxy) is 3. The van der Waals surface area contributed by atoms with Gasteiger partial charge in [-0.25, -0.2) is 4.79 Å². The van der Waals surface area contributed by atoms with Gasteiger partial charge in [0.05, 0.1) is 37.5 Å². The number of hydrogen-bond donors (Lipinski definition) is 1. The number of benzene rings is 2. The first-order valence-electron chi connectivity index (χ1n) is 7.31. The molecule has 0 bridgehead atoms. The van der Waals surface area contributed by atoms with Crippen LogP contribution in [-0.2, 0) is 4.74 Å². The summed E-state index contributed by atoms with van der Waals surface area (Å²) in [5.41, 5.74) is -0.00195. The van der Waals surface area contributed by atoms with Gasteiger partial charge in [0.2, 0.25) is 0 Å². The molecule has 0 unspecified atom stereocenters. The first-order chi connectivity index (χ1) is 12.4. The number of carbonyl (C=O) groups excluding carboxylic acids is 2. The van der Waals surface area contributed by atoms with Crippen LogP contribution in [0.15, 0.2) is 36.4 Å². The molecular formula is C17H16N2O7. The van der Waals surface area contributed by atoms with Gasteiger partial charge < -0.3 is 19.5 Å². The van der Waals surface area contributed by atoms with Crippen molar-refractivity contribution in [1.29, 1.82) is 0 Å². The van der Waals surface area contributed by atoms with E-state index in [1.54, 1.807) is 0 Å². The summed E-state index contributed by atoms with van der Waals surface area (Å²) in [6.07, 6.45) is 0. The standard InChI is InChI=1S/C17H16N2O7/c1-24-14-8-12(17(21)26-3)13(9-15(14)25-2)18-16(20)10-5-4-6-11(7-10)19(22)23/h4-9H,1-3H3,(H,18,20). The van der Waals surface area contributed by atoms with E-state index >= 15 is 0 Å². The second-order valence-electron chi connectivity index (χ2n) is 5.01. The van der Waals surface area contributed by atoms with E-state index in [0.717, 1.165) is 6.07 Å². The zero-order chi connectivity index (χ0) is 19.3. The predicted octanol–water partition coefficient (Wildman–Crippen LogP) is 2.65. The highest BCUT2D eigenvalue weighted by Gasteiger charge is 2.20. The molecule has 0 spiro atoms. The van der Waals surface area contributed by atoms with Crippen LogP contribution >= 0.6 is 0 Å². The highest BCUT2D eigenvalue weighted by atomic mass is 16.6. The number of hydrogen-bond acceptors (Lipinski definition) is 7. The Morgan fingerprint density at radius 1 is 1.04 bits per heavy atom. The Morgan fingerprint density at radius 3 is 2.27 bits per heavy atom. The first kappa shape index (κ1) is 18.7. The number of nitrogens with zero attached hydrogens (tertiary/aromatic N) is 1. The molecule has 136 valence electrons. The Kier molecular flexibility index (Phi) is 5.74. The summed E-state index contributed by atoms with van der Waals surface area (Å²) in [6.45, 7) is 0. The smallest absolute Gasteiger partial charge is 0.340 e. The summed E-state index contributed by atoms with van der Waals surface area (Å²) in [5.74, 6) is -0.762. The van der Waals surface area contributed by atoms with Gasteiger partial charge in [0.1, 0.15) is 0 Å². The van der Waals surface area contributed by atoms with Crippen molar-refractivity contribution in [2.45, 2.75) is 0 Å². The quantitative estimate of drug-likeness (QED) is 0.478. The zero-order valence-electron chi connectivity index (χ0n) is 14.3. The number of esters is 1. The Balaban J connectivity index is 2.44. The average Bonchev–Trinajstić information content (AvgIpc) is 2.66. The van der Waals surface area contributed by atoms with Gasteiger partial charge >= 0.3 is 5.97 Å². The number of amides is 1. The number of nitro groups is 1. The van der Waals surface area contributed by atoms with Crippen LogP contribution in [0, 0.1) is 10.1 Å². The number of non-ortho nitro benzene ring substituents is 1. The molecule has 0 aliphatic rings. The third kappa shape index (κ3) is 3.89. The van der Waals surface area contributed by atoms with Crippen LogP contribution in [-0.4, -0.2) is 38.1 Å². The van der Waals surface area contributed by atoms with E-state index in [1.807, 2.05) is 0 Å². The molecule has 9 nitrogen and oxygen atoms in total. The van der Waals surface area contributed by atoms with Gasteiger partial charge in [-0.15, -0.1) is 0 Å². The van der Waals surface area contributed by atoms with Crippen LogP contribution in [0.3, 0.4) is 0 Å². The lowest BCUT2D eigenvalue weighted by molar-refractivity contribution is -0.384. The third-order valence-corrected chi connectivity index (χ3v) is 3.50. The summed E-state index contributed by atoms with van der Waals surface area (Å²) in [7, 11) is 4.01. The maximum Gasteiger partial charge on any atom is 0.340 e. The Morgan fingerprint density at radius 2 is 1.69 bits per heavy atom. The van der Waals surface area contributed by atoms with Crippen LogP contribution in [0.5, 0.6) is 11.5 Å². The molecule has 26 heavy (non-hydrogen) atoms. The van der Waals surface area contributed by atoms with Crippen LogP contribution in [0.2, 0.25) is 0 Å². The lowest BCUT2D eigenvalue weighted by Gasteiger charge is -2.14. The SMILES string of the molecule is COC(=O)c1cc(OC)c(OC)cc1NC(=O)c1cccc([N+](=O)[O-])c1. The number of nitrogens with one attached hydrogen (secondary N) is 1. The van der Waals surface area contributed by atoms with Gasteiger partial charge in [-0.1, -0.05) is 6.07 Å². The summed E-state index contributed by atoms with van der Waals surface area (Å²) in [4.78, 5) is 34.7. The molecule has 2 rings (SSSR count). The van der Waals surface area contributed by atoms with Crippen LogP contribution in [0.1, 0.15) is 20.7 Å². The molecule has 0 aliphatic carbocycles. The Bertz CT molecular complexity index is 864. The molecule has 0 radical (unpaired) electrons. The van der Waals surface area contributed by atoms with Crippen molar-refractivity contribution in [3.05, 3.63) is 57.6 Å². The fourth-order valence-electron chi connectivity index (χ4n) is 2.22. The van der Waals surface area contributed by atoms with Crippen molar-refractivity contribution < 1.29 is 28.7 Å². The van der Waals surface area contributed by atoms with E-state index in [0.29, 0.717) is 0 Å². The minimum absolute atomic E-state index is 0.0453. The van der Waals surface area contributed by atoms with Crippen molar-refractivity contribution in [3.63, 3.8) is 0 Å².